The summed E-state index contributed by atoms with van der Waals surface area (Å²) in [6, 6.07) is 0.577. The molecule has 70 valence electrons. The number of hydrogen-bond donors (Lipinski definition) is 2. The van der Waals surface area contributed by atoms with Crippen LogP contribution >= 0.6 is 0 Å². The third kappa shape index (κ3) is 1.14. The zero-order valence-electron chi connectivity index (χ0n) is 7.66. The van der Waals surface area contributed by atoms with Gasteiger partial charge in [-0.25, -0.2) is 0 Å². The van der Waals surface area contributed by atoms with Crippen LogP contribution in [0.15, 0.2) is 16.9 Å². The first-order valence-electron chi connectivity index (χ1n) is 5.18. The maximum Gasteiger partial charge on any atom is 0.0560 e. The maximum atomic E-state index is 4.14. The van der Waals surface area contributed by atoms with E-state index in [2.05, 4.69) is 21.9 Å². The first kappa shape index (κ1) is 7.42. The molecule has 0 aromatic carbocycles. The normalized spacial score (nSPS) is 41.2. The molecule has 2 N–H and O–H groups in total. The van der Waals surface area contributed by atoms with Crippen molar-refractivity contribution in [2.45, 2.75) is 25.3 Å². The van der Waals surface area contributed by atoms with Gasteiger partial charge >= 0.3 is 0 Å². The molecular weight excluding hydrogens is 162 g/mol. The summed E-state index contributed by atoms with van der Waals surface area (Å²) in [5, 5.41) is 7.64. The van der Waals surface area contributed by atoms with Crippen molar-refractivity contribution >= 4 is 6.21 Å². The Morgan fingerprint density at radius 1 is 1.46 bits per heavy atom. The number of hydrogen-bond acceptors (Lipinski definition) is 3. The minimum atomic E-state index is 0.539. The molecule has 0 aromatic heterocycles. The molecule has 0 saturated carbocycles. The number of rotatable bonds is 0. The van der Waals surface area contributed by atoms with Crippen LogP contribution in [0.4, 0.5) is 0 Å². The lowest BCUT2D eigenvalue weighted by Gasteiger charge is -2.34. The summed E-state index contributed by atoms with van der Waals surface area (Å²) in [4.78, 5) is 0. The number of nitrogens with one attached hydrogen (secondary N) is 2. The van der Waals surface area contributed by atoms with E-state index >= 15 is 0 Å². The van der Waals surface area contributed by atoms with E-state index in [4.69, 9.17) is 0 Å². The third-order valence-corrected chi connectivity index (χ3v) is 3.36. The zero-order valence-corrected chi connectivity index (χ0v) is 7.66. The molecule has 13 heavy (non-hydrogen) atoms. The molecule has 3 aliphatic rings. The van der Waals surface area contributed by atoms with Gasteiger partial charge in [0.1, 0.15) is 0 Å². The van der Waals surface area contributed by atoms with Crippen LogP contribution in [0.5, 0.6) is 0 Å². The van der Waals surface area contributed by atoms with Crippen molar-refractivity contribution in [3.63, 3.8) is 0 Å². The van der Waals surface area contributed by atoms with E-state index < -0.39 is 0 Å². The van der Waals surface area contributed by atoms with Crippen LogP contribution in [-0.2, 0) is 0 Å². The van der Waals surface area contributed by atoms with Crippen LogP contribution in [0.25, 0.3) is 0 Å². The topological polar surface area (TPSA) is 36.4 Å². The van der Waals surface area contributed by atoms with E-state index in [0.717, 1.165) is 12.5 Å². The summed E-state index contributed by atoms with van der Waals surface area (Å²) >= 11 is 0. The van der Waals surface area contributed by atoms with Crippen LogP contribution in [0.2, 0.25) is 0 Å². The molecule has 1 saturated heterocycles. The minimum Gasteiger partial charge on any atom is -0.388 e. The number of nitrogens with zero attached hydrogens (tertiary/aromatic N) is 1. The number of piperidine rings is 1. The fraction of sp³-hybridized carbons (Fsp3) is 0.700. The Morgan fingerprint density at radius 2 is 2.46 bits per heavy atom. The highest BCUT2D eigenvalue weighted by atomic mass is 15.3. The molecule has 2 aliphatic heterocycles. The van der Waals surface area contributed by atoms with Crippen molar-refractivity contribution in [3.05, 3.63) is 11.8 Å². The van der Waals surface area contributed by atoms with Crippen LogP contribution < -0.4 is 10.7 Å². The Labute approximate surface area is 78.3 Å². The Balaban J connectivity index is 1.86. The second kappa shape index (κ2) is 2.76. The van der Waals surface area contributed by atoms with Crippen molar-refractivity contribution in [3.8, 4) is 0 Å². The Bertz CT molecular complexity index is 269. The van der Waals surface area contributed by atoms with Crippen molar-refractivity contribution in [1.82, 2.24) is 10.7 Å². The van der Waals surface area contributed by atoms with E-state index in [1.165, 1.54) is 25.0 Å². The van der Waals surface area contributed by atoms with E-state index in [1.807, 2.05) is 6.21 Å². The van der Waals surface area contributed by atoms with Crippen molar-refractivity contribution in [2.24, 2.45) is 16.9 Å². The summed E-state index contributed by atoms with van der Waals surface area (Å²) < 4.78 is 0. The summed E-state index contributed by atoms with van der Waals surface area (Å²) in [6.07, 6.45) is 8.32. The van der Waals surface area contributed by atoms with Crippen molar-refractivity contribution < 1.29 is 0 Å². The first-order valence-corrected chi connectivity index (χ1v) is 5.18. The molecule has 0 spiro atoms. The van der Waals surface area contributed by atoms with Gasteiger partial charge in [0.2, 0.25) is 0 Å². The van der Waals surface area contributed by atoms with E-state index in [1.54, 1.807) is 0 Å². The van der Waals surface area contributed by atoms with Gasteiger partial charge < -0.3 is 10.7 Å². The van der Waals surface area contributed by atoms with Gasteiger partial charge in [-0.15, -0.1) is 0 Å². The lowest BCUT2D eigenvalue weighted by Crippen LogP contribution is -2.39. The molecule has 3 nitrogen and oxygen atoms in total. The lowest BCUT2D eigenvalue weighted by atomic mass is 9.79. The van der Waals surface area contributed by atoms with Gasteiger partial charge in [0.05, 0.1) is 6.04 Å². The molecule has 0 bridgehead atoms. The predicted octanol–water partition coefficient (Wildman–Crippen LogP) is 0.847. The van der Waals surface area contributed by atoms with Crippen molar-refractivity contribution in [2.75, 3.05) is 6.54 Å². The van der Waals surface area contributed by atoms with Gasteiger partial charge in [0.25, 0.3) is 0 Å². The van der Waals surface area contributed by atoms with Crippen LogP contribution in [0.1, 0.15) is 19.3 Å². The Kier molecular flexibility index (Phi) is 1.57. The summed E-state index contributed by atoms with van der Waals surface area (Å²) in [6.45, 7) is 1.16. The highest BCUT2D eigenvalue weighted by Crippen LogP contribution is 2.33. The van der Waals surface area contributed by atoms with Gasteiger partial charge in [-0.05, 0) is 19.3 Å². The summed E-state index contributed by atoms with van der Waals surface area (Å²) in [7, 11) is 0. The molecule has 2 heterocycles. The molecule has 0 radical (unpaired) electrons. The van der Waals surface area contributed by atoms with Gasteiger partial charge in [-0.1, -0.05) is 6.08 Å². The molecule has 1 unspecified atom stereocenters. The summed E-state index contributed by atoms with van der Waals surface area (Å²) in [5.74, 6) is 1.31. The molecule has 1 fully saturated rings. The number of fused-ring (bicyclic) bond motifs is 2. The van der Waals surface area contributed by atoms with E-state index in [0.29, 0.717) is 12.0 Å². The quantitative estimate of drug-likeness (QED) is 0.575. The van der Waals surface area contributed by atoms with Gasteiger partial charge in [-0.3, -0.25) is 0 Å². The molecule has 0 aromatic rings. The van der Waals surface area contributed by atoms with Crippen molar-refractivity contribution in [1.29, 1.82) is 0 Å². The molecule has 3 atom stereocenters. The van der Waals surface area contributed by atoms with Gasteiger partial charge in [-0.2, -0.15) is 5.10 Å². The van der Waals surface area contributed by atoms with Crippen LogP contribution in [0, 0.1) is 11.8 Å². The van der Waals surface area contributed by atoms with Crippen LogP contribution in [-0.4, -0.2) is 18.8 Å². The smallest absolute Gasteiger partial charge is 0.0560 e. The highest BCUT2D eigenvalue weighted by molar-refractivity contribution is 5.67. The second-order valence-corrected chi connectivity index (χ2v) is 4.21. The fourth-order valence-electron chi connectivity index (χ4n) is 2.62. The lowest BCUT2D eigenvalue weighted by molar-refractivity contribution is 0.330. The van der Waals surface area contributed by atoms with Gasteiger partial charge in [0, 0.05) is 30.3 Å². The number of allylic oxidation sites excluding steroid dienone is 1. The zero-order chi connectivity index (χ0) is 8.67. The minimum absolute atomic E-state index is 0.539. The highest BCUT2D eigenvalue weighted by Gasteiger charge is 2.33. The predicted molar refractivity (Wildman–Crippen MR) is 52.3 cm³/mol. The van der Waals surface area contributed by atoms with E-state index in [-0.39, 0.29) is 0 Å². The first-order chi connectivity index (χ1) is 6.43. The van der Waals surface area contributed by atoms with Gasteiger partial charge in [0.15, 0.2) is 0 Å². The number of hydrazone groups is 1. The maximum absolute atomic E-state index is 4.14. The second-order valence-electron chi connectivity index (χ2n) is 4.21. The summed E-state index contributed by atoms with van der Waals surface area (Å²) in [5.41, 5.74) is 4.66. The van der Waals surface area contributed by atoms with E-state index in [9.17, 15) is 0 Å². The Morgan fingerprint density at radius 3 is 3.46 bits per heavy atom. The fourth-order valence-corrected chi connectivity index (χ4v) is 2.62. The third-order valence-electron chi connectivity index (χ3n) is 3.36. The van der Waals surface area contributed by atoms with Crippen LogP contribution in [0.3, 0.4) is 0 Å². The molecular formula is C10H15N3. The molecule has 1 aliphatic carbocycles. The average molecular weight is 177 g/mol. The SMILES string of the molecule is C1=NN[C@H]2CC3CCCNC3=C[C@H]12. The molecule has 3 heteroatoms. The largest absolute Gasteiger partial charge is 0.388 e. The Hall–Kier alpha value is -0.990. The monoisotopic (exact) mass is 177 g/mol. The average Bonchev–Trinajstić information content (AvgIpc) is 2.61. The molecule has 3 rings (SSSR count). The molecule has 0 amide bonds. The standard InChI is InChI=1S/C10H15N3/c1-2-7-4-10-8(6-12-13-10)5-9(7)11-3-1/h5-8,10-11,13H,1-4H2/t7?,8-,10+/m1/s1.